The summed E-state index contributed by atoms with van der Waals surface area (Å²) >= 11 is 4.92. The molecule has 0 aliphatic carbocycles. The lowest BCUT2D eigenvalue weighted by molar-refractivity contribution is 0.811. The average Bonchev–Trinajstić information content (AvgIpc) is 2.74. The van der Waals surface area contributed by atoms with Gasteiger partial charge in [0.2, 0.25) is 0 Å². The van der Waals surface area contributed by atoms with Gasteiger partial charge in [-0.05, 0) is 21.8 Å². The minimum atomic E-state index is 0.290. The van der Waals surface area contributed by atoms with Crippen LogP contribution in [-0.4, -0.2) is 15.0 Å². The Balaban J connectivity index is 2.57. The Morgan fingerprint density at radius 2 is 2.12 bits per heavy atom. The van der Waals surface area contributed by atoms with Gasteiger partial charge in [0.15, 0.2) is 10.8 Å². The van der Waals surface area contributed by atoms with Crippen molar-refractivity contribution < 1.29 is 0 Å². The number of anilines is 1. The monoisotopic (exact) mass is 298 g/mol. The van der Waals surface area contributed by atoms with Crippen LogP contribution in [0.2, 0.25) is 0 Å². The summed E-state index contributed by atoms with van der Waals surface area (Å²) in [6, 6.07) is 0. The highest BCUT2D eigenvalue weighted by atomic mass is 79.9. The summed E-state index contributed by atoms with van der Waals surface area (Å²) in [4.78, 5) is 12.9. The molecule has 0 aromatic carbocycles. The molecule has 0 fully saturated rings. The second-order valence-electron chi connectivity index (χ2n) is 3.62. The van der Waals surface area contributed by atoms with Gasteiger partial charge in [-0.15, -0.1) is 11.3 Å². The van der Waals surface area contributed by atoms with Gasteiger partial charge in [0.05, 0.1) is 10.2 Å². The van der Waals surface area contributed by atoms with Gasteiger partial charge in [-0.1, -0.05) is 13.8 Å². The summed E-state index contributed by atoms with van der Waals surface area (Å²) < 4.78 is 0.780. The lowest BCUT2D eigenvalue weighted by Gasteiger charge is -2.10. The largest absolute Gasteiger partial charge is 0.383 e. The van der Waals surface area contributed by atoms with Crippen molar-refractivity contribution in [3.8, 4) is 10.8 Å². The molecule has 2 N–H and O–H groups in total. The van der Waals surface area contributed by atoms with E-state index in [1.807, 2.05) is 5.38 Å². The van der Waals surface area contributed by atoms with E-state index < -0.39 is 0 Å². The van der Waals surface area contributed by atoms with Crippen molar-refractivity contribution in [3.63, 3.8) is 0 Å². The number of hydrogen-bond acceptors (Lipinski definition) is 5. The molecule has 6 heteroatoms. The SMILES string of the molecule is CC(C)c1nc(-c2nccs2)nc(N)c1Br. The molecule has 0 saturated heterocycles. The molecule has 16 heavy (non-hydrogen) atoms. The van der Waals surface area contributed by atoms with Crippen LogP contribution < -0.4 is 5.73 Å². The fraction of sp³-hybridized carbons (Fsp3) is 0.300. The number of hydrogen-bond donors (Lipinski definition) is 1. The number of nitrogen functional groups attached to an aromatic ring is 1. The van der Waals surface area contributed by atoms with Crippen LogP contribution in [0.1, 0.15) is 25.5 Å². The quantitative estimate of drug-likeness (QED) is 0.925. The predicted octanol–water partition coefficient (Wildman–Crippen LogP) is 3.07. The van der Waals surface area contributed by atoms with Gasteiger partial charge < -0.3 is 5.73 Å². The Kier molecular flexibility index (Phi) is 3.20. The Labute approximate surface area is 106 Å². The van der Waals surface area contributed by atoms with Crippen LogP contribution in [0.3, 0.4) is 0 Å². The second-order valence-corrected chi connectivity index (χ2v) is 5.31. The van der Waals surface area contributed by atoms with Crippen molar-refractivity contribution in [1.29, 1.82) is 0 Å². The topological polar surface area (TPSA) is 64.7 Å². The molecule has 84 valence electrons. The van der Waals surface area contributed by atoms with Gasteiger partial charge in [-0.3, -0.25) is 0 Å². The molecule has 0 saturated carbocycles. The minimum Gasteiger partial charge on any atom is -0.383 e. The molecule has 0 unspecified atom stereocenters. The molecule has 0 amide bonds. The first-order chi connectivity index (χ1) is 7.59. The lowest BCUT2D eigenvalue weighted by Crippen LogP contribution is -2.04. The lowest BCUT2D eigenvalue weighted by atomic mass is 10.1. The second kappa shape index (κ2) is 4.47. The molecule has 0 bridgehead atoms. The summed E-state index contributed by atoms with van der Waals surface area (Å²) in [5.41, 5.74) is 6.76. The number of halogens is 1. The van der Waals surface area contributed by atoms with E-state index >= 15 is 0 Å². The molecule has 0 spiro atoms. The van der Waals surface area contributed by atoms with Crippen molar-refractivity contribution in [2.75, 3.05) is 5.73 Å². The first-order valence-electron chi connectivity index (χ1n) is 4.82. The fourth-order valence-corrected chi connectivity index (χ4v) is 2.50. The zero-order valence-corrected chi connectivity index (χ0v) is 11.3. The molecule has 0 radical (unpaired) electrons. The highest BCUT2D eigenvalue weighted by molar-refractivity contribution is 9.10. The van der Waals surface area contributed by atoms with Crippen molar-refractivity contribution in [1.82, 2.24) is 15.0 Å². The summed E-state index contributed by atoms with van der Waals surface area (Å²) in [5, 5.41) is 2.69. The van der Waals surface area contributed by atoms with Gasteiger partial charge >= 0.3 is 0 Å². The summed E-state index contributed by atoms with van der Waals surface area (Å²) in [5.74, 6) is 1.35. The Morgan fingerprint density at radius 1 is 1.38 bits per heavy atom. The van der Waals surface area contributed by atoms with Gasteiger partial charge in [0, 0.05) is 11.6 Å². The van der Waals surface area contributed by atoms with Crippen molar-refractivity contribution in [3.05, 3.63) is 21.7 Å². The molecule has 2 heterocycles. The zero-order valence-electron chi connectivity index (χ0n) is 8.94. The molecule has 2 aromatic rings. The van der Waals surface area contributed by atoms with Gasteiger partial charge in [-0.25, -0.2) is 15.0 Å². The van der Waals surface area contributed by atoms with E-state index in [1.165, 1.54) is 11.3 Å². The van der Waals surface area contributed by atoms with Crippen molar-refractivity contribution in [2.45, 2.75) is 19.8 Å². The summed E-state index contributed by atoms with van der Waals surface area (Å²) in [6.07, 6.45) is 1.73. The Morgan fingerprint density at radius 3 is 2.69 bits per heavy atom. The van der Waals surface area contributed by atoms with E-state index in [-0.39, 0.29) is 0 Å². The number of rotatable bonds is 2. The first kappa shape index (κ1) is 11.5. The predicted molar refractivity (Wildman–Crippen MR) is 69.3 cm³/mol. The smallest absolute Gasteiger partial charge is 0.190 e. The van der Waals surface area contributed by atoms with Gasteiger partial charge in [0.25, 0.3) is 0 Å². The van der Waals surface area contributed by atoms with E-state index in [1.54, 1.807) is 6.20 Å². The molecule has 0 atom stereocenters. The molecule has 2 aromatic heterocycles. The molecule has 2 rings (SSSR count). The summed E-state index contributed by atoms with van der Waals surface area (Å²) in [7, 11) is 0. The fourth-order valence-electron chi connectivity index (χ4n) is 1.29. The molecule has 0 aliphatic rings. The zero-order chi connectivity index (χ0) is 11.7. The van der Waals surface area contributed by atoms with E-state index in [0.717, 1.165) is 15.2 Å². The number of aromatic nitrogens is 3. The van der Waals surface area contributed by atoms with Crippen LogP contribution in [0.15, 0.2) is 16.0 Å². The Hall–Kier alpha value is -1.01. The van der Waals surface area contributed by atoms with Crippen LogP contribution in [0.4, 0.5) is 5.82 Å². The normalized spacial score (nSPS) is 11.0. The first-order valence-corrected chi connectivity index (χ1v) is 6.49. The third-order valence-electron chi connectivity index (χ3n) is 2.07. The van der Waals surface area contributed by atoms with Crippen LogP contribution >= 0.6 is 27.3 Å². The average molecular weight is 299 g/mol. The Bertz CT molecular complexity index is 496. The number of nitrogens with two attached hydrogens (primary N) is 1. The van der Waals surface area contributed by atoms with Crippen LogP contribution in [0, 0.1) is 0 Å². The maximum absolute atomic E-state index is 5.84. The molecular weight excluding hydrogens is 288 g/mol. The highest BCUT2D eigenvalue weighted by Crippen LogP contribution is 2.30. The third-order valence-corrected chi connectivity index (χ3v) is 3.65. The van der Waals surface area contributed by atoms with Gasteiger partial charge in [0.1, 0.15) is 5.82 Å². The molecule has 0 aliphatic heterocycles. The van der Waals surface area contributed by atoms with Crippen LogP contribution in [0.25, 0.3) is 10.8 Å². The maximum atomic E-state index is 5.84. The van der Waals surface area contributed by atoms with E-state index in [0.29, 0.717) is 17.6 Å². The van der Waals surface area contributed by atoms with E-state index in [4.69, 9.17) is 5.73 Å². The third kappa shape index (κ3) is 2.08. The standard InChI is InChI=1S/C10H11BrN4S/c1-5(2)7-6(11)8(12)15-9(14-7)10-13-3-4-16-10/h3-5H,1-2H3,(H2,12,14,15). The molecule has 4 nitrogen and oxygen atoms in total. The minimum absolute atomic E-state index is 0.290. The van der Waals surface area contributed by atoms with Crippen LogP contribution in [0.5, 0.6) is 0 Å². The van der Waals surface area contributed by atoms with E-state index in [2.05, 4.69) is 44.7 Å². The molecular formula is C10H11BrN4S. The van der Waals surface area contributed by atoms with Crippen molar-refractivity contribution in [2.24, 2.45) is 0 Å². The summed E-state index contributed by atoms with van der Waals surface area (Å²) in [6.45, 7) is 4.14. The van der Waals surface area contributed by atoms with Crippen molar-refractivity contribution >= 4 is 33.1 Å². The number of thiazole rings is 1. The van der Waals surface area contributed by atoms with Crippen LogP contribution in [-0.2, 0) is 0 Å². The number of nitrogens with zero attached hydrogens (tertiary/aromatic N) is 3. The maximum Gasteiger partial charge on any atom is 0.190 e. The van der Waals surface area contributed by atoms with E-state index in [9.17, 15) is 0 Å². The highest BCUT2D eigenvalue weighted by Gasteiger charge is 2.15. The van der Waals surface area contributed by atoms with Gasteiger partial charge in [-0.2, -0.15) is 0 Å².